The normalized spacial score (nSPS) is 12.0. The summed E-state index contributed by atoms with van der Waals surface area (Å²) >= 11 is 1.64. The molecule has 0 fully saturated rings. The van der Waals surface area contributed by atoms with E-state index >= 15 is 0 Å². The van der Waals surface area contributed by atoms with Crippen LogP contribution in [0, 0.1) is 5.41 Å². The summed E-state index contributed by atoms with van der Waals surface area (Å²) in [7, 11) is 0. The fourth-order valence-corrected chi connectivity index (χ4v) is 1.52. The van der Waals surface area contributed by atoms with E-state index in [2.05, 4.69) is 10.6 Å². The zero-order valence-electron chi connectivity index (χ0n) is 13.7. The van der Waals surface area contributed by atoms with Crippen LogP contribution < -0.4 is 10.6 Å². The first-order valence-corrected chi connectivity index (χ1v) is 8.57. The largest absolute Gasteiger partial charge is 0.396 e. The minimum atomic E-state index is -1.29. The fourth-order valence-electron chi connectivity index (χ4n) is 1.22. The van der Waals surface area contributed by atoms with Crippen LogP contribution in [0.1, 0.15) is 34.1 Å². The molecule has 0 aliphatic rings. The molecule has 1 atom stereocenters. The highest BCUT2D eigenvalue weighted by Crippen LogP contribution is 2.19. The number of thioether (sulfide) groups is 1. The Morgan fingerprint density at radius 3 is 2.24 bits per heavy atom. The number of hydrogen-bond donors (Lipinski definition) is 4. The lowest BCUT2D eigenvalue weighted by atomic mass is 9.87. The van der Waals surface area contributed by atoms with Crippen molar-refractivity contribution in [2.75, 3.05) is 31.7 Å². The molecule has 0 heterocycles. The second-order valence-corrected chi connectivity index (χ2v) is 5.92. The highest BCUT2D eigenvalue weighted by atomic mass is 32.2. The molecule has 126 valence electrons. The van der Waals surface area contributed by atoms with E-state index in [1.165, 1.54) is 0 Å². The molecule has 0 radical (unpaired) electrons. The van der Waals surface area contributed by atoms with Crippen molar-refractivity contribution in [2.24, 2.45) is 5.41 Å². The molecule has 0 aromatic rings. The quantitative estimate of drug-likeness (QED) is 0.460. The predicted molar refractivity (Wildman–Crippen MR) is 87.2 cm³/mol. The summed E-state index contributed by atoms with van der Waals surface area (Å²) in [5.41, 5.74) is -0.898. The summed E-state index contributed by atoms with van der Waals surface area (Å²) in [6.07, 6.45) is 0.834. The van der Waals surface area contributed by atoms with Crippen molar-refractivity contribution < 1.29 is 19.8 Å². The Labute approximate surface area is 132 Å². The highest BCUT2D eigenvalue weighted by Gasteiger charge is 2.32. The van der Waals surface area contributed by atoms with Crippen LogP contribution in [0.2, 0.25) is 0 Å². The molecular formula is C14H30N2O4S. The lowest BCUT2D eigenvalue weighted by Gasteiger charge is -2.27. The number of hydrogen-bond acceptors (Lipinski definition) is 5. The molecule has 0 saturated heterocycles. The average Bonchev–Trinajstić information content (AvgIpc) is 2.48. The minimum Gasteiger partial charge on any atom is -0.396 e. The maximum absolute atomic E-state index is 11.6. The Hall–Kier alpha value is -0.790. The number of aliphatic hydroxyl groups is 2. The van der Waals surface area contributed by atoms with Crippen LogP contribution in [-0.2, 0) is 9.59 Å². The summed E-state index contributed by atoms with van der Waals surface area (Å²) in [4.78, 5) is 22.9. The summed E-state index contributed by atoms with van der Waals surface area (Å²) in [5, 5.41) is 23.9. The first-order chi connectivity index (χ1) is 9.85. The van der Waals surface area contributed by atoms with Crippen molar-refractivity contribution in [1.29, 1.82) is 0 Å². The van der Waals surface area contributed by atoms with Gasteiger partial charge in [0.1, 0.15) is 6.10 Å². The molecule has 1 unspecified atom stereocenters. The summed E-state index contributed by atoms with van der Waals surface area (Å²) in [6, 6.07) is 0. The summed E-state index contributed by atoms with van der Waals surface area (Å²) in [6.45, 7) is 7.66. The molecule has 0 aliphatic heterocycles. The first kappa shape index (κ1) is 22.5. The molecule has 0 aliphatic carbocycles. The number of aliphatic hydroxyl groups excluding tert-OH is 2. The van der Waals surface area contributed by atoms with Crippen molar-refractivity contribution in [1.82, 2.24) is 10.6 Å². The monoisotopic (exact) mass is 322 g/mol. The highest BCUT2D eigenvalue weighted by molar-refractivity contribution is 7.98. The fraction of sp³-hybridized carbons (Fsp3) is 0.857. The topological polar surface area (TPSA) is 98.7 Å². The van der Waals surface area contributed by atoms with Crippen molar-refractivity contribution in [2.45, 2.75) is 40.2 Å². The maximum Gasteiger partial charge on any atom is 0.249 e. The molecule has 21 heavy (non-hydrogen) atoms. The number of rotatable bonds is 9. The number of nitrogens with one attached hydrogen (secondary N) is 2. The van der Waals surface area contributed by atoms with Gasteiger partial charge in [0, 0.05) is 30.7 Å². The third-order valence-corrected chi connectivity index (χ3v) is 3.29. The van der Waals surface area contributed by atoms with Crippen LogP contribution in [-0.4, -0.2) is 59.8 Å². The predicted octanol–water partition coefficient (Wildman–Crippen LogP) is 0.378. The molecule has 6 nitrogen and oxygen atoms in total. The van der Waals surface area contributed by atoms with E-state index in [1.807, 2.05) is 20.1 Å². The van der Waals surface area contributed by atoms with Crippen LogP contribution in [0.25, 0.3) is 0 Å². The third kappa shape index (κ3) is 10.6. The Balaban J connectivity index is 0. The van der Waals surface area contributed by atoms with Crippen molar-refractivity contribution in [3.8, 4) is 0 Å². The SMILES string of the molecule is CC.CSCCNC(=O)CCNC(=O)C(O)C(C)(C)CO. The maximum atomic E-state index is 11.6. The van der Waals surface area contributed by atoms with Crippen molar-refractivity contribution in [3.05, 3.63) is 0 Å². The lowest BCUT2D eigenvalue weighted by molar-refractivity contribution is -0.137. The van der Waals surface area contributed by atoms with Crippen molar-refractivity contribution in [3.63, 3.8) is 0 Å². The zero-order chi connectivity index (χ0) is 16.9. The molecule has 0 spiro atoms. The lowest BCUT2D eigenvalue weighted by Crippen LogP contribution is -2.46. The molecule has 7 heteroatoms. The van der Waals surface area contributed by atoms with Gasteiger partial charge in [-0.2, -0.15) is 11.8 Å². The zero-order valence-corrected chi connectivity index (χ0v) is 14.5. The van der Waals surface area contributed by atoms with E-state index in [9.17, 15) is 14.7 Å². The summed E-state index contributed by atoms with van der Waals surface area (Å²) in [5.74, 6) is 0.142. The van der Waals surface area contributed by atoms with Gasteiger partial charge in [-0.15, -0.1) is 0 Å². The molecule has 0 bridgehead atoms. The molecule has 2 amide bonds. The van der Waals surface area contributed by atoms with Crippen LogP contribution in [0.4, 0.5) is 0 Å². The van der Waals surface area contributed by atoms with Crippen LogP contribution in [0.5, 0.6) is 0 Å². The van der Waals surface area contributed by atoms with E-state index in [0.29, 0.717) is 6.54 Å². The third-order valence-electron chi connectivity index (χ3n) is 2.68. The van der Waals surface area contributed by atoms with E-state index in [0.717, 1.165) is 5.75 Å². The molecule has 0 aromatic heterocycles. The van der Waals surface area contributed by atoms with Crippen LogP contribution in [0.15, 0.2) is 0 Å². The van der Waals surface area contributed by atoms with Gasteiger partial charge in [0.15, 0.2) is 0 Å². The Bertz CT molecular complexity index is 299. The van der Waals surface area contributed by atoms with E-state index in [4.69, 9.17) is 5.11 Å². The van der Waals surface area contributed by atoms with Gasteiger partial charge in [-0.1, -0.05) is 27.7 Å². The smallest absolute Gasteiger partial charge is 0.249 e. The Morgan fingerprint density at radius 2 is 1.76 bits per heavy atom. The van der Waals surface area contributed by atoms with Gasteiger partial charge in [-0.3, -0.25) is 9.59 Å². The second-order valence-electron chi connectivity index (χ2n) is 4.93. The second kappa shape index (κ2) is 12.9. The summed E-state index contributed by atoms with van der Waals surface area (Å²) < 4.78 is 0. The van der Waals surface area contributed by atoms with Crippen molar-refractivity contribution >= 4 is 23.6 Å². The minimum absolute atomic E-state index is 0.134. The van der Waals surface area contributed by atoms with Gasteiger partial charge in [0.2, 0.25) is 11.8 Å². The van der Waals surface area contributed by atoms with Gasteiger partial charge >= 0.3 is 0 Å². The average molecular weight is 322 g/mol. The number of carbonyl (C=O) groups excluding carboxylic acids is 2. The Morgan fingerprint density at radius 1 is 1.19 bits per heavy atom. The van der Waals surface area contributed by atoms with E-state index in [1.54, 1.807) is 25.6 Å². The molecular weight excluding hydrogens is 292 g/mol. The van der Waals surface area contributed by atoms with E-state index in [-0.39, 0.29) is 25.5 Å². The molecule has 0 aromatic carbocycles. The number of amides is 2. The van der Waals surface area contributed by atoms with Gasteiger partial charge < -0.3 is 20.8 Å². The van der Waals surface area contributed by atoms with Gasteiger partial charge in [0.25, 0.3) is 0 Å². The van der Waals surface area contributed by atoms with E-state index < -0.39 is 17.4 Å². The first-order valence-electron chi connectivity index (χ1n) is 7.17. The number of carbonyl (C=O) groups is 2. The van der Waals surface area contributed by atoms with Gasteiger partial charge in [0.05, 0.1) is 6.61 Å². The van der Waals surface area contributed by atoms with Crippen LogP contribution in [0.3, 0.4) is 0 Å². The molecule has 0 rings (SSSR count). The van der Waals surface area contributed by atoms with Gasteiger partial charge in [-0.25, -0.2) is 0 Å². The standard InChI is InChI=1S/C12H24N2O4S.C2H6/c1-12(2,8-15)10(17)11(18)14-5-4-9(16)13-6-7-19-3;1-2/h10,15,17H,4-8H2,1-3H3,(H,13,16)(H,14,18);1-2H3. The molecule has 4 N–H and O–H groups in total. The van der Waals surface area contributed by atoms with Gasteiger partial charge in [-0.05, 0) is 6.26 Å². The Kier molecular flexibility index (Phi) is 13.8. The van der Waals surface area contributed by atoms with Crippen LogP contribution >= 0.6 is 11.8 Å². The molecule has 0 saturated carbocycles.